The molecule has 0 atom stereocenters. The topological polar surface area (TPSA) is 59.4 Å². The lowest BCUT2D eigenvalue weighted by atomic mass is 10.2. The summed E-state index contributed by atoms with van der Waals surface area (Å²) in [7, 11) is -3.46. The summed E-state index contributed by atoms with van der Waals surface area (Å²) >= 11 is 1.12. The molecule has 0 amide bonds. The van der Waals surface area contributed by atoms with Crippen molar-refractivity contribution >= 4 is 31.6 Å². The summed E-state index contributed by atoms with van der Waals surface area (Å²) < 4.78 is 29.8. The molecule has 7 heteroatoms. The molecule has 2 aromatic rings. The first-order valence-corrected chi connectivity index (χ1v) is 10.4. The highest BCUT2D eigenvalue weighted by Crippen LogP contribution is 2.25. The van der Waals surface area contributed by atoms with Gasteiger partial charge in [-0.15, -0.1) is 0 Å². The van der Waals surface area contributed by atoms with Gasteiger partial charge in [-0.3, -0.25) is 9.36 Å². The molecule has 0 aliphatic carbocycles. The third kappa shape index (κ3) is 3.22. The normalized spacial score (nSPS) is 17.4. The van der Waals surface area contributed by atoms with E-state index < -0.39 is 10.0 Å². The van der Waals surface area contributed by atoms with Crippen molar-refractivity contribution in [3.8, 4) is 0 Å². The van der Waals surface area contributed by atoms with E-state index in [4.69, 9.17) is 0 Å². The molecule has 1 saturated heterocycles. The minimum Gasteiger partial charge on any atom is -0.299 e. The number of fused-ring (bicyclic) bond motifs is 1. The highest BCUT2D eigenvalue weighted by Gasteiger charge is 2.25. The van der Waals surface area contributed by atoms with Crippen LogP contribution in [0, 0.1) is 0 Å². The maximum absolute atomic E-state index is 12.8. The first-order chi connectivity index (χ1) is 11.0. The van der Waals surface area contributed by atoms with Crippen molar-refractivity contribution < 1.29 is 8.42 Å². The molecule has 0 radical (unpaired) electrons. The van der Waals surface area contributed by atoms with E-state index in [2.05, 4.69) is 0 Å². The Kier molecular flexibility index (Phi) is 4.89. The van der Waals surface area contributed by atoms with E-state index in [9.17, 15) is 13.2 Å². The van der Waals surface area contributed by atoms with Crippen LogP contribution >= 0.6 is 11.3 Å². The smallest absolute Gasteiger partial charge is 0.299 e. The number of hydrogen-bond acceptors (Lipinski definition) is 4. The predicted octanol–water partition coefficient (Wildman–Crippen LogP) is 3.04. The van der Waals surface area contributed by atoms with Crippen LogP contribution in [0.1, 0.15) is 39.0 Å². The second kappa shape index (κ2) is 6.75. The first-order valence-electron chi connectivity index (χ1n) is 8.17. The molecule has 1 fully saturated rings. The lowest BCUT2D eigenvalue weighted by Gasteiger charge is -2.19. The molecule has 1 aromatic heterocycles. The zero-order valence-corrected chi connectivity index (χ0v) is 15.0. The molecule has 126 valence electrons. The molecule has 0 bridgehead atoms. The number of benzene rings is 1. The lowest BCUT2D eigenvalue weighted by Crippen LogP contribution is -2.31. The van der Waals surface area contributed by atoms with Crippen molar-refractivity contribution in [3.05, 3.63) is 27.9 Å². The Hall–Kier alpha value is -1.18. The van der Waals surface area contributed by atoms with Gasteiger partial charge in [-0.2, -0.15) is 4.31 Å². The minimum atomic E-state index is -3.46. The summed E-state index contributed by atoms with van der Waals surface area (Å²) in [5.41, 5.74) is 0.830. The lowest BCUT2D eigenvalue weighted by molar-refractivity contribution is 0.424. The van der Waals surface area contributed by atoms with E-state index in [1.54, 1.807) is 27.1 Å². The van der Waals surface area contributed by atoms with Gasteiger partial charge in [0.05, 0.1) is 15.1 Å². The minimum absolute atomic E-state index is 0.0221. The highest BCUT2D eigenvalue weighted by molar-refractivity contribution is 7.89. The van der Waals surface area contributed by atoms with E-state index in [1.807, 2.05) is 6.92 Å². The zero-order valence-electron chi connectivity index (χ0n) is 13.3. The molecule has 3 rings (SSSR count). The number of thiazole rings is 1. The van der Waals surface area contributed by atoms with E-state index >= 15 is 0 Å². The van der Waals surface area contributed by atoms with Crippen molar-refractivity contribution in [3.63, 3.8) is 0 Å². The number of aromatic nitrogens is 1. The van der Waals surface area contributed by atoms with Crippen molar-refractivity contribution in [1.82, 2.24) is 8.87 Å². The van der Waals surface area contributed by atoms with Crippen LogP contribution in [0.4, 0.5) is 0 Å². The maximum atomic E-state index is 12.8. The van der Waals surface area contributed by atoms with Crippen LogP contribution in [0.5, 0.6) is 0 Å². The summed E-state index contributed by atoms with van der Waals surface area (Å²) in [6, 6.07) is 5.07. The summed E-state index contributed by atoms with van der Waals surface area (Å²) in [6.45, 7) is 3.87. The van der Waals surface area contributed by atoms with Gasteiger partial charge in [0.2, 0.25) is 10.0 Å². The average Bonchev–Trinajstić information content (AvgIpc) is 2.72. The van der Waals surface area contributed by atoms with Crippen LogP contribution in [0.25, 0.3) is 10.2 Å². The van der Waals surface area contributed by atoms with Crippen LogP contribution in [-0.2, 0) is 16.6 Å². The van der Waals surface area contributed by atoms with Gasteiger partial charge in [-0.25, -0.2) is 8.42 Å². The quantitative estimate of drug-likeness (QED) is 0.848. The van der Waals surface area contributed by atoms with Gasteiger partial charge < -0.3 is 0 Å². The van der Waals surface area contributed by atoms with Crippen molar-refractivity contribution in [2.75, 3.05) is 13.1 Å². The standard InChI is InChI=1S/C16H22N2O3S2/c1-2-9-18-14-8-7-13(12-15(14)22-16(18)19)23(20,21)17-10-5-3-4-6-11-17/h7-8,12H,2-6,9-11H2,1H3. The van der Waals surface area contributed by atoms with Crippen LogP contribution in [0.15, 0.2) is 27.9 Å². The van der Waals surface area contributed by atoms with Gasteiger partial charge in [0.1, 0.15) is 0 Å². The third-order valence-corrected chi connectivity index (χ3v) is 7.13. The van der Waals surface area contributed by atoms with Gasteiger partial charge >= 0.3 is 4.87 Å². The van der Waals surface area contributed by atoms with Crippen molar-refractivity contribution in [2.24, 2.45) is 0 Å². The molecular weight excluding hydrogens is 332 g/mol. The second-order valence-electron chi connectivity index (χ2n) is 5.97. The molecule has 5 nitrogen and oxygen atoms in total. The number of sulfonamides is 1. The summed E-state index contributed by atoms with van der Waals surface area (Å²) in [5, 5.41) is 0. The molecule has 1 aliphatic rings. The fraction of sp³-hybridized carbons (Fsp3) is 0.562. The van der Waals surface area contributed by atoms with Crippen LogP contribution < -0.4 is 4.87 Å². The number of nitrogens with zero attached hydrogens (tertiary/aromatic N) is 2. The van der Waals surface area contributed by atoms with E-state index in [0.29, 0.717) is 24.5 Å². The van der Waals surface area contributed by atoms with Gasteiger partial charge in [0.25, 0.3) is 0 Å². The summed E-state index contributed by atoms with van der Waals surface area (Å²) in [4.78, 5) is 12.3. The Morgan fingerprint density at radius 2 is 1.83 bits per heavy atom. The predicted molar refractivity (Wildman–Crippen MR) is 93.6 cm³/mol. The van der Waals surface area contributed by atoms with Gasteiger partial charge in [0, 0.05) is 19.6 Å². The molecule has 2 heterocycles. The first kappa shape index (κ1) is 16.7. The molecule has 1 aromatic carbocycles. The molecule has 23 heavy (non-hydrogen) atoms. The number of aryl methyl sites for hydroxylation is 1. The maximum Gasteiger partial charge on any atom is 0.308 e. The van der Waals surface area contributed by atoms with Crippen LogP contribution in [0.2, 0.25) is 0 Å². The Bertz CT molecular complexity index is 844. The van der Waals surface area contributed by atoms with Crippen molar-refractivity contribution in [2.45, 2.75) is 50.5 Å². The van der Waals surface area contributed by atoms with Gasteiger partial charge in [-0.1, -0.05) is 31.1 Å². The molecular formula is C16H22N2O3S2. The van der Waals surface area contributed by atoms with Crippen LogP contribution in [-0.4, -0.2) is 30.4 Å². The largest absolute Gasteiger partial charge is 0.308 e. The molecule has 0 unspecified atom stereocenters. The molecule has 0 N–H and O–H groups in total. The van der Waals surface area contributed by atoms with Crippen molar-refractivity contribution in [1.29, 1.82) is 0 Å². The number of rotatable bonds is 4. The van der Waals surface area contributed by atoms with Crippen LogP contribution in [0.3, 0.4) is 0 Å². The molecule has 1 aliphatic heterocycles. The Labute approximate surface area is 140 Å². The summed E-state index contributed by atoms with van der Waals surface area (Å²) in [5.74, 6) is 0. The van der Waals surface area contributed by atoms with E-state index in [-0.39, 0.29) is 4.87 Å². The molecule has 0 spiro atoms. The monoisotopic (exact) mass is 354 g/mol. The molecule has 0 saturated carbocycles. The number of hydrogen-bond donors (Lipinski definition) is 0. The Morgan fingerprint density at radius 1 is 1.13 bits per heavy atom. The SMILES string of the molecule is CCCn1c(=O)sc2cc(S(=O)(=O)N3CCCCCC3)ccc21. The Balaban J connectivity index is 2.01. The zero-order chi connectivity index (χ0) is 16.4. The fourth-order valence-electron chi connectivity index (χ4n) is 3.07. The van der Waals surface area contributed by atoms with Gasteiger partial charge in [0.15, 0.2) is 0 Å². The highest BCUT2D eigenvalue weighted by atomic mass is 32.2. The van der Waals surface area contributed by atoms with E-state index in [1.165, 1.54) is 0 Å². The third-order valence-electron chi connectivity index (χ3n) is 4.29. The summed E-state index contributed by atoms with van der Waals surface area (Å²) in [6.07, 6.45) is 4.89. The average molecular weight is 354 g/mol. The fourth-order valence-corrected chi connectivity index (χ4v) is 5.65. The second-order valence-corrected chi connectivity index (χ2v) is 8.90. The van der Waals surface area contributed by atoms with E-state index in [0.717, 1.165) is 53.7 Å². The Morgan fingerprint density at radius 3 is 2.48 bits per heavy atom. The van der Waals surface area contributed by atoms with Gasteiger partial charge in [-0.05, 0) is 37.5 Å².